The Morgan fingerprint density at radius 2 is 1.90 bits per heavy atom. The SMILES string of the molecule is COc1ccc(CN(C)c2cc(Br)ccc2C(N)=S)cc1. The normalized spacial score (nSPS) is 10.2. The number of thiocarbonyl (C=S) groups is 1. The maximum absolute atomic E-state index is 5.81. The Morgan fingerprint density at radius 3 is 2.48 bits per heavy atom. The van der Waals surface area contributed by atoms with Crippen LogP contribution in [0.2, 0.25) is 0 Å². The van der Waals surface area contributed by atoms with E-state index in [0.717, 1.165) is 28.0 Å². The number of nitrogens with two attached hydrogens (primary N) is 1. The number of rotatable bonds is 5. The predicted octanol–water partition coefficient (Wildman–Crippen LogP) is 3.73. The summed E-state index contributed by atoms with van der Waals surface area (Å²) in [5, 5.41) is 0. The molecule has 5 heteroatoms. The van der Waals surface area contributed by atoms with Crippen LogP contribution in [0.1, 0.15) is 11.1 Å². The van der Waals surface area contributed by atoms with Crippen molar-refractivity contribution in [3.05, 3.63) is 58.1 Å². The summed E-state index contributed by atoms with van der Waals surface area (Å²) in [4.78, 5) is 2.53. The van der Waals surface area contributed by atoms with Crippen molar-refractivity contribution in [2.75, 3.05) is 19.1 Å². The van der Waals surface area contributed by atoms with Crippen molar-refractivity contribution in [2.45, 2.75) is 6.54 Å². The van der Waals surface area contributed by atoms with E-state index in [1.54, 1.807) is 7.11 Å². The number of halogens is 1. The van der Waals surface area contributed by atoms with Gasteiger partial charge in [-0.3, -0.25) is 0 Å². The van der Waals surface area contributed by atoms with Gasteiger partial charge in [0.1, 0.15) is 10.7 Å². The third kappa shape index (κ3) is 3.95. The van der Waals surface area contributed by atoms with E-state index in [2.05, 4.69) is 20.8 Å². The van der Waals surface area contributed by atoms with Crippen molar-refractivity contribution in [2.24, 2.45) is 5.73 Å². The molecule has 0 heterocycles. The van der Waals surface area contributed by atoms with Crippen molar-refractivity contribution in [3.8, 4) is 5.75 Å². The molecule has 2 aromatic rings. The smallest absolute Gasteiger partial charge is 0.118 e. The van der Waals surface area contributed by atoms with Crippen LogP contribution >= 0.6 is 28.1 Å². The van der Waals surface area contributed by atoms with E-state index < -0.39 is 0 Å². The molecular formula is C16H17BrN2OS. The van der Waals surface area contributed by atoms with Crippen LogP contribution in [-0.2, 0) is 6.54 Å². The van der Waals surface area contributed by atoms with Gasteiger partial charge in [-0.15, -0.1) is 0 Å². The molecule has 0 saturated heterocycles. The molecule has 0 spiro atoms. The second-order valence-electron chi connectivity index (χ2n) is 4.73. The predicted molar refractivity (Wildman–Crippen MR) is 95.1 cm³/mol. The molecule has 21 heavy (non-hydrogen) atoms. The second-order valence-corrected chi connectivity index (χ2v) is 6.09. The minimum Gasteiger partial charge on any atom is -0.497 e. The van der Waals surface area contributed by atoms with E-state index in [1.165, 1.54) is 5.56 Å². The van der Waals surface area contributed by atoms with Gasteiger partial charge in [-0.05, 0) is 35.9 Å². The Labute approximate surface area is 138 Å². The fourth-order valence-corrected chi connectivity index (χ4v) is 2.64. The topological polar surface area (TPSA) is 38.5 Å². The fourth-order valence-electron chi connectivity index (χ4n) is 2.12. The maximum Gasteiger partial charge on any atom is 0.118 e. The molecule has 0 atom stereocenters. The number of methoxy groups -OCH3 is 1. The van der Waals surface area contributed by atoms with Crippen molar-refractivity contribution < 1.29 is 4.74 Å². The number of benzene rings is 2. The lowest BCUT2D eigenvalue weighted by molar-refractivity contribution is 0.414. The van der Waals surface area contributed by atoms with Crippen molar-refractivity contribution in [3.63, 3.8) is 0 Å². The molecule has 2 rings (SSSR count). The Balaban J connectivity index is 2.24. The Kier molecular flexibility index (Phi) is 5.20. The van der Waals surface area contributed by atoms with Crippen LogP contribution < -0.4 is 15.4 Å². The van der Waals surface area contributed by atoms with Crippen molar-refractivity contribution in [1.29, 1.82) is 0 Å². The first kappa shape index (κ1) is 15.8. The largest absolute Gasteiger partial charge is 0.497 e. The average Bonchev–Trinajstić information content (AvgIpc) is 2.47. The highest BCUT2D eigenvalue weighted by Crippen LogP contribution is 2.26. The van der Waals surface area contributed by atoms with E-state index >= 15 is 0 Å². The van der Waals surface area contributed by atoms with Gasteiger partial charge in [0.15, 0.2) is 0 Å². The molecule has 0 aliphatic rings. The third-order valence-corrected chi connectivity index (χ3v) is 3.93. The highest BCUT2D eigenvalue weighted by molar-refractivity contribution is 9.10. The molecular weight excluding hydrogens is 348 g/mol. The Bertz CT molecular complexity index is 643. The minimum atomic E-state index is 0.402. The van der Waals surface area contributed by atoms with Gasteiger partial charge < -0.3 is 15.4 Å². The number of ether oxygens (including phenoxy) is 1. The zero-order valence-electron chi connectivity index (χ0n) is 12.0. The summed E-state index contributed by atoms with van der Waals surface area (Å²) in [6.07, 6.45) is 0. The van der Waals surface area contributed by atoms with Crippen LogP contribution in [0, 0.1) is 0 Å². The Morgan fingerprint density at radius 1 is 1.24 bits per heavy atom. The maximum atomic E-state index is 5.81. The number of hydrogen-bond donors (Lipinski definition) is 1. The van der Waals surface area contributed by atoms with Crippen molar-refractivity contribution in [1.82, 2.24) is 0 Å². The highest BCUT2D eigenvalue weighted by atomic mass is 79.9. The lowest BCUT2D eigenvalue weighted by Crippen LogP contribution is -2.21. The summed E-state index contributed by atoms with van der Waals surface area (Å²) in [6.45, 7) is 0.760. The summed E-state index contributed by atoms with van der Waals surface area (Å²) in [6, 6.07) is 13.9. The third-order valence-electron chi connectivity index (χ3n) is 3.22. The van der Waals surface area contributed by atoms with Crippen LogP contribution in [0.3, 0.4) is 0 Å². The molecule has 110 valence electrons. The Hall–Kier alpha value is -1.59. The first-order chi connectivity index (χ1) is 10.0. The van der Waals surface area contributed by atoms with Gasteiger partial charge in [0, 0.05) is 29.3 Å². The quantitative estimate of drug-likeness (QED) is 0.820. The monoisotopic (exact) mass is 364 g/mol. The zero-order chi connectivity index (χ0) is 15.4. The second kappa shape index (κ2) is 6.91. The number of nitrogens with zero attached hydrogens (tertiary/aromatic N) is 1. The van der Waals surface area contributed by atoms with Gasteiger partial charge in [-0.1, -0.05) is 40.3 Å². The van der Waals surface area contributed by atoms with E-state index in [9.17, 15) is 0 Å². The van der Waals surface area contributed by atoms with Crippen LogP contribution in [-0.4, -0.2) is 19.1 Å². The molecule has 0 aliphatic heterocycles. The highest BCUT2D eigenvalue weighted by Gasteiger charge is 2.11. The summed E-state index contributed by atoms with van der Waals surface area (Å²) in [5.41, 5.74) is 8.88. The van der Waals surface area contributed by atoms with Gasteiger partial charge >= 0.3 is 0 Å². The summed E-state index contributed by atoms with van der Waals surface area (Å²) in [7, 11) is 3.69. The van der Waals surface area contributed by atoms with Gasteiger partial charge in [0.2, 0.25) is 0 Å². The summed E-state index contributed by atoms with van der Waals surface area (Å²) < 4.78 is 6.17. The van der Waals surface area contributed by atoms with E-state index in [0.29, 0.717) is 4.99 Å². The zero-order valence-corrected chi connectivity index (χ0v) is 14.4. The average molecular weight is 365 g/mol. The van der Waals surface area contributed by atoms with Gasteiger partial charge in [-0.2, -0.15) is 0 Å². The molecule has 0 saturated carbocycles. The van der Waals surface area contributed by atoms with Crippen LogP contribution in [0.15, 0.2) is 46.9 Å². The minimum absolute atomic E-state index is 0.402. The van der Waals surface area contributed by atoms with Crippen LogP contribution in [0.5, 0.6) is 5.75 Å². The lowest BCUT2D eigenvalue weighted by atomic mass is 10.1. The van der Waals surface area contributed by atoms with Crippen LogP contribution in [0.4, 0.5) is 5.69 Å². The van der Waals surface area contributed by atoms with Crippen molar-refractivity contribution >= 4 is 38.8 Å². The molecule has 0 amide bonds. The lowest BCUT2D eigenvalue weighted by Gasteiger charge is -2.22. The molecule has 0 aliphatic carbocycles. The molecule has 0 fully saturated rings. The van der Waals surface area contributed by atoms with Crippen LogP contribution in [0.25, 0.3) is 0 Å². The number of anilines is 1. The standard InChI is InChI=1S/C16H17BrN2OS/c1-19(10-11-3-6-13(20-2)7-4-11)15-9-12(17)5-8-14(15)16(18)21/h3-9H,10H2,1-2H3,(H2,18,21). The molecule has 0 bridgehead atoms. The van der Waals surface area contributed by atoms with E-state index in [1.807, 2.05) is 49.5 Å². The first-order valence-corrected chi connectivity index (χ1v) is 7.65. The molecule has 0 aromatic heterocycles. The van der Waals surface area contributed by atoms with Gasteiger partial charge in [0.05, 0.1) is 7.11 Å². The molecule has 2 N–H and O–H groups in total. The van der Waals surface area contributed by atoms with Gasteiger partial charge in [-0.25, -0.2) is 0 Å². The van der Waals surface area contributed by atoms with E-state index in [4.69, 9.17) is 22.7 Å². The summed E-state index contributed by atoms with van der Waals surface area (Å²) in [5.74, 6) is 0.854. The molecule has 0 radical (unpaired) electrons. The first-order valence-electron chi connectivity index (χ1n) is 6.44. The molecule has 2 aromatic carbocycles. The van der Waals surface area contributed by atoms with E-state index in [-0.39, 0.29) is 0 Å². The van der Waals surface area contributed by atoms with Gasteiger partial charge in [0.25, 0.3) is 0 Å². The fraction of sp³-hybridized carbons (Fsp3) is 0.188. The summed E-state index contributed by atoms with van der Waals surface area (Å²) >= 11 is 8.62. The number of hydrogen-bond acceptors (Lipinski definition) is 3. The molecule has 3 nitrogen and oxygen atoms in total. The molecule has 0 unspecified atom stereocenters.